The average Bonchev–Trinajstić information content (AvgIpc) is 3.15. The highest BCUT2D eigenvalue weighted by molar-refractivity contribution is 7.00. The number of aromatic nitrogens is 2. The molecule has 6 heteroatoms. The van der Waals surface area contributed by atoms with Gasteiger partial charge in [0.05, 0.1) is 17.8 Å². The van der Waals surface area contributed by atoms with Gasteiger partial charge in [-0.25, -0.2) is 0 Å². The zero-order valence-electron chi connectivity index (χ0n) is 15.2. The number of benzene rings is 3. The lowest BCUT2D eigenvalue weighted by molar-refractivity contribution is 0.0942. The molecule has 0 aliphatic carbocycles. The summed E-state index contributed by atoms with van der Waals surface area (Å²) in [7, 11) is 4.07. The van der Waals surface area contributed by atoms with Crippen LogP contribution in [0.15, 0.2) is 60.7 Å². The minimum Gasteiger partial charge on any atom is -0.350 e. The molecular weight excluding hydrogens is 356 g/mol. The van der Waals surface area contributed by atoms with E-state index in [0.717, 1.165) is 22.8 Å². The number of nitrogens with zero attached hydrogens (tertiary/aromatic N) is 3. The van der Waals surface area contributed by atoms with E-state index in [4.69, 9.17) is 0 Å². The molecule has 0 saturated heterocycles. The summed E-state index contributed by atoms with van der Waals surface area (Å²) < 4.78 is 8.39. The van der Waals surface area contributed by atoms with Crippen LogP contribution in [0.4, 0.5) is 0 Å². The van der Waals surface area contributed by atoms with Crippen LogP contribution in [0.5, 0.6) is 0 Å². The Hall–Kier alpha value is -2.83. The maximum absolute atomic E-state index is 12.7. The van der Waals surface area contributed by atoms with Gasteiger partial charge in [-0.05, 0) is 48.6 Å². The average molecular weight is 376 g/mol. The number of likely N-dealkylation sites (N-methyl/N-ethyl adjacent to an activating group) is 1. The molecule has 0 spiro atoms. The van der Waals surface area contributed by atoms with E-state index in [0.29, 0.717) is 12.1 Å². The third-order valence-corrected chi connectivity index (χ3v) is 5.33. The molecule has 136 valence electrons. The summed E-state index contributed by atoms with van der Waals surface area (Å²) in [6.45, 7) is 0.521. The van der Waals surface area contributed by atoms with Crippen molar-refractivity contribution in [3.63, 3.8) is 0 Å². The highest BCUT2D eigenvalue weighted by atomic mass is 32.1. The highest BCUT2D eigenvalue weighted by Gasteiger charge is 2.18. The first kappa shape index (κ1) is 17.6. The van der Waals surface area contributed by atoms with Crippen molar-refractivity contribution in [2.75, 3.05) is 20.6 Å². The Morgan fingerprint density at radius 1 is 1.04 bits per heavy atom. The van der Waals surface area contributed by atoms with E-state index in [9.17, 15) is 4.79 Å². The van der Waals surface area contributed by atoms with Gasteiger partial charge in [-0.1, -0.05) is 42.5 Å². The molecule has 1 N–H and O–H groups in total. The molecule has 0 aliphatic rings. The van der Waals surface area contributed by atoms with E-state index in [1.165, 1.54) is 16.3 Å². The van der Waals surface area contributed by atoms with Crippen LogP contribution in [0.2, 0.25) is 0 Å². The van der Waals surface area contributed by atoms with Gasteiger partial charge in [-0.3, -0.25) is 4.79 Å². The van der Waals surface area contributed by atoms with Crippen LogP contribution in [0.3, 0.4) is 0 Å². The van der Waals surface area contributed by atoms with Crippen molar-refractivity contribution in [1.29, 1.82) is 0 Å². The highest BCUT2D eigenvalue weighted by Crippen LogP contribution is 2.26. The van der Waals surface area contributed by atoms with Gasteiger partial charge in [0.25, 0.3) is 5.91 Å². The Balaban J connectivity index is 1.57. The number of carbonyl (C=O) groups excluding carboxylic acids is 1. The van der Waals surface area contributed by atoms with Crippen LogP contribution < -0.4 is 5.32 Å². The summed E-state index contributed by atoms with van der Waals surface area (Å²) >= 11 is 1.16. The lowest BCUT2D eigenvalue weighted by atomic mass is 9.98. The van der Waals surface area contributed by atoms with Gasteiger partial charge >= 0.3 is 0 Å². The van der Waals surface area contributed by atoms with E-state index in [-0.39, 0.29) is 11.9 Å². The molecule has 1 atom stereocenters. The van der Waals surface area contributed by atoms with Gasteiger partial charge < -0.3 is 10.2 Å². The standard InChI is InChI=1S/C21H20N4OS/c1-25(2)20(17-9-5-7-14-6-3-4-8-16(14)17)13-22-21(26)15-10-11-18-19(12-15)24-27-23-18/h3-12,20H,13H2,1-2H3,(H,22,26)/t20-/m1/s1. The summed E-state index contributed by atoms with van der Waals surface area (Å²) in [6, 6.07) is 20.1. The lowest BCUT2D eigenvalue weighted by Crippen LogP contribution is -2.34. The molecule has 0 radical (unpaired) electrons. The largest absolute Gasteiger partial charge is 0.350 e. The predicted octanol–water partition coefficient (Wildman–Crippen LogP) is 3.88. The Labute approximate surface area is 162 Å². The summed E-state index contributed by atoms with van der Waals surface area (Å²) in [5, 5.41) is 5.49. The fraction of sp³-hybridized carbons (Fsp3) is 0.190. The summed E-state index contributed by atoms with van der Waals surface area (Å²) in [4.78, 5) is 14.8. The second-order valence-corrected chi connectivity index (χ2v) is 7.25. The first-order chi connectivity index (χ1) is 13.1. The predicted molar refractivity (Wildman–Crippen MR) is 110 cm³/mol. The molecule has 0 aliphatic heterocycles. The third kappa shape index (κ3) is 3.54. The van der Waals surface area contributed by atoms with Gasteiger partial charge in [-0.2, -0.15) is 8.75 Å². The maximum Gasteiger partial charge on any atom is 0.251 e. The Kier molecular flexibility index (Phi) is 4.83. The minimum absolute atomic E-state index is 0.0738. The second kappa shape index (κ2) is 7.42. The van der Waals surface area contributed by atoms with Crippen molar-refractivity contribution in [3.8, 4) is 0 Å². The lowest BCUT2D eigenvalue weighted by Gasteiger charge is -2.26. The summed E-state index contributed by atoms with van der Waals surface area (Å²) in [6.07, 6.45) is 0. The van der Waals surface area contributed by atoms with Crippen molar-refractivity contribution >= 4 is 39.4 Å². The van der Waals surface area contributed by atoms with E-state index < -0.39 is 0 Å². The molecular formula is C21H20N4OS. The molecule has 4 aromatic rings. The van der Waals surface area contributed by atoms with Crippen LogP contribution in [0.1, 0.15) is 22.0 Å². The molecule has 3 aromatic carbocycles. The van der Waals surface area contributed by atoms with E-state index >= 15 is 0 Å². The molecule has 0 unspecified atom stereocenters. The van der Waals surface area contributed by atoms with Crippen molar-refractivity contribution in [2.24, 2.45) is 0 Å². The fourth-order valence-electron chi connectivity index (χ4n) is 3.33. The number of hydrogen-bond acceptors (Lipinski definition) is 5. The van der Waals surface area contributed by atoms with Gasteiger partial charge in [0.15, 0.2) is 0 Å². The van der Waals surface area contributed by atoms with Crippen molar-refractivity contribution < 1.29 is 4.79 Å². The minimum atomic E-state index is -0.100. The molecule has 5 nitrogen and oxygen atoms in total. The number of rotatable bonds is 5. The number of amides is 1. The summed E-state index contributed by atoms with van der Waals surface area (Å²) in [5.74, 6) is -0.100. The monoisotopic (exact) mass is 376 g/mol. The molecule has 0 saturated carbocycles. The molecule has 4 rings (SSSR count). The Morgan fingerprint density at radius 2 is 1.81 bits per heavy atom. The molecule has 1 amide bonds. The van der Waals surface area contributed by atoms with Crippen LogP contribution in [0, 0.1) is 0 Å². The zero-order valence-corrected chi connectivity index (χ0v) is 16.0. The van der Waals surface area contributed by atoms with Crippen LogP contribution in [-0.4, -0.2) is 40.2 Å². The Bertz CT molecular complexity index is 1100. The van der Waals surface area contributed by atoms with Gasteiger partial charge in [0, 0.05) is 12.1 Å². The van der Waals surface area contributed by atoms with E-state index in [2.05, 4.69) is 49.3 Å². The number of carbonyl (C=O) groups is 1. The molecule has 0 bridgehead atoms. The zero-order chi connectivity index (χ0) is 18.8. The fourth-order valence-corrected chi connectivity index (χ4v) is 3.84. The third-order valence-electron chi connectivity index (χ3n) is 4.78. The second-order valence-electron chi connectivity index (χ2n) is 6.73. The van der Waals surface area contributed by atoms with Crippen molar-refractivity contribution in [3.05, 3.63) is 71.8 Å². The van der Waals surface area contributed by atoms with E-state index in [1.54, 1.807) is 12.1 Å². The maximum atomic E-state index is 12.7. The van der Waals surface area contributed by atoms with Gasteiger partial charge in [0.2, 0.25) is 0 Å². The Morgan fingerprint density at radius 3 is 2.67 bits per heavy atom. The smallest absolute Gasteiger partial charge is 0.251 e. The topological polar surface area (TPSA) is 58.1 Å². The van der Waals surface area contributed by atoms with Gasteiger partial charge in [0.1, 0.15) is 11.0 Å². The quantitative estimate of drug-likeness (QED) is 0.574. The number of nitrogens with one attached hydrogen (secondary N) is 1. The van der Waals surface area contributed by atoms with Crippen LogP contribution in [-0.2, 0) is 0 Å². The van der Waals surface area contributed by atoms with Gasteiger partial charge in [-0.15, -0.1) is 0 Å². The number of hydrogen-bond donors (Lipinski definition) is 1. The van der Waals surface area contributed by atoms with Crippen molar-refractivity contribution in [2.45, 2.75) is 6.04 Å². The van der Waals surface area contributed by atoms with Crippen LogP contribution in [0.25, 0.3) is 21.8 Å². The summed E-state index contributed by atoms with van der Waals surface area (Å²) in [5.41, 5.74) is 3.38. The SMILES string of the molecule is CN(C)[C@H](CNC(=O)c1ccc2nsnc2c1)c1cccc2ccccc12. The number of fused-ring (bicyclic) bond motifs is 2. The van der Waals surface area contributed by atoms with Crippen LogP contribution >= 0.6 is 11.7 Å². The normalized spacial score (nSPS) is 12.6. The first-order valence-corrected chi connectivity index (χ1v) is 9.51. The van der Waals surface area contributed by atoms with E-state index in [1.807, 2.05) is 32.3 Å². The first-order valence-electron chi connectivity index (χ1n) is 8.78. The molecule has 1 heterocycles. The van der Waals surface area contributed by atoms with Crippen molar-refractivity contribution in [1.82, 2.24) is 19.0 Å². The molecule has 27 heavy (non-hydrogen) atoms. The molecule has 1 aromatic heterocycles. The molecule has 0 fully saturated rings.